The molecule has 0 unspecified atom stereocenters. The standard InChI is InChI=1S/C14H10FN3O2/c1-8-5-6-10(15)12(7-8)18-13-9(14(19)20)3-2-4-11(13)16-17-18/h2-7H,1H3,(H,19,20). The molecule has 3 rings (SSSR count). The molecule has 0 atom stereocenters. The smallest absolute Gasteiger partial charge is 0.337 e. The Morgan fingerprint density at radius 3 is 2.85 bits per heavy atom. The summed E-state index contributed by atoms with van der Waals surface area (Å²) in [6.45, 7) is 1.82. The molecule has 1 N–H and O–H groups in total. The summed E-state index contributed by atoms with van der Waals surface area (Å²) < 4.78 is 15.2. The van der Waals surface area contributed by atoms with Gasteiger partial charge in [-0.05, 0) is 36.8 Å². The van der Waals surface area contributed by atoms with Gasteiger partial charge in [-0.1, -0.05) is 17.3 Å². The highest BCUT2D eigenvalue weighted by Gasteiger charge is 2.17. The van der Waals surface area contributed by atoms with Crippen LogP contribution in [0.3, 0.4) is 0 Å². The fourth-order valence-electron chi connectivity index (χ4n) is 2.10. The Labute approximate surface area is 113 Å². The highest BCUT2D eigenvalue weighted by Crippen LogP contribution is 2.22. The maximum absolute atomic E-state index is 14.0. The van der Waals surface area contributed by atoms with Crippen LogP contribution >= 0.6 is 0 Å². The van der Waals surface area contributed by atoms with Gasteiger partial charge in [0.25, 0.3) is 0 Å². The Bertz CT molecular complexity index is 826. The maximum atomic E-state index is 14.0. The lowest BCUT2D eigenvalue weighted by Gasteiger charge is -2.06. The lowest BCUT2D eigenvalue weighted by molar-refractivity contribution is 0.0698. The van der Waals surface area contributed by atoms with E-state index >= 15 is 0 Å². The van der Waals surface area contributed by atoms with Crippen molar-refractivity contribution in [2.75, 3.05) is 0 Å². The number of para-hydroxylation sites is 1. The van der Waals surface area contributed by atoms with Gasteiger partial charge in [-0.15, -0.1) is 5.10 Å². The number of benzene rings is 2. The Morgan fingerprint density at radius 2 is 2.10 bits per heavy atom. The summed E-state index contributed by atoms with van der Waals surface area (Å²) in [7, 11) is 0. The summed E-state index contributed by atoms with van der Waals surface area (Å²) in [4.78, 5) is 11.3. The van der Waals surface area contributed by atoms with Crippen LogP contribution in [0.1, 0.15) is 15.9 Å². The third-order valence-corrected chi connectivity index (χ3v) is 3.03. The van der Waals surface area contributed by atoms with E-state index in [1.54, 1.807) is 24.3 Å². The van der Waals surface area contributed by atoms with Gasteiger partial charge in [0.2, 0.25) is 0 Å². The Balaban J connectivity index is 2.37. The lowest BCUT2D eigenvalue weighted by atomic mass is 10.1. The van der Waals surface area contributed by atoms with E-state index in [1.165, 1.54) is 16.8 Å². The second-order valence-electron chi connectivity index (χ2n) is 4.43. The topological polar surface area (TPSA) is 68.0 Å². The molecule has 100 valence electrons. The molecular weight excluding hydrogens is 261 g/mol. The number of carboxylic acid groups (broad SMARTS) is 1. The minimum atomic E-state index is -1.10. The van der Waals surface area contributed by atoms with E-state index in [-0.39, 0.29) is 16.8 Å². The average molecular weight is 271 g/mol. The van der Waals surface area contributed by atoms with E-state index in [0.717, 1.165) is 5.56 Å². The molecule has 0 aliphatic rings. The number of aromatic nitrogens is 3. The number of carboxylic acids is 1. The fraction of sp³-hybridized carbons (Fsp3) is 0.0714. The predicted octanol–water partition coefficient (Wildman–Crippen LogP) is 2.57. The number of aromatic carboxylic acids is 1. The second kappa shape index (κ2) is 4.41. The summed E-state index contributed by atoms with van der Waals surface area (Å²) >= 11 is 0. The van der Waals surface area contributed by atoms with Gasteiger partial charge < -0.3 is 5.11 Å². The van der Waals surface area contributed by atoms with Gasteiger partial charge in [0, 0.05) is 0 Å². The first-order valence-corrected chi connectivity index (χ1v) is 5.92. The third-order valence-electron chi connectivity index (χ3n) is 3.03. The number of halogens is 1. The van der Waals surface area contributed by atoms with Crippen molar-refractivity contribution < 1.29 is 14.3 Å². The third kappa shape index (κ3) is 1.82. The summed E-state index contributed by atoms with van der Waals surface area (Å²) in [5, 5.41) is 17.0. The largest absolute Gasteiger partial charge is 0.478 e. The molecule has 5 nitrogen and oxygen atoms in total. The molecule has 3 aromatic rings. The van der Waals surface area contributed by atoms with Crippen molar-refractivity contribution in [2.24, 2.45) is 0 Å². The molecule has 1 heterocycles. The first kappa shape index (κ1) is 12.3. The van der Waals surface area contributed by atoms with Gasteiger partial charge in [-0.3, -0.25) is 0 Å². The normalized spacial score (nSPS) is 10.9. The molecule has 0 spiro atoms. The van der Waals surface area contributed by atoms with E-state index in [2.05, 4.69) is 10.3 Å². The molecule has 0 saturated heterocycles. The molecule has 6 heteroatoms. The van der Waals surface area contributed by atoms with Crippen LogP contribution < -0.4 is 0 Å². The highest BCUT2D eigenvalue weighted by molar-refractivity contribution is 6.01. The van der Waals surface area contributed by atoms with Crippen LogP contribution in [-0.2, 0) is 0 Å². The molecule has 0 amide bonds. The molecule has 20 heavy (non-hydrogen) atoms. The molecule has 0 aliphatic heterocycles. The minimum absolute atomic E-state index is 0.0356. The van der Waals surface area contributed by atoms with Crippen molar-refractivity contribution in [1.29, 1.82) is 0 Å². The van der Waals surface area contributed by atoms with Gasteiger partial charge in [0.05, 0.1) is 5.56 Å². The van der Waals surface area contributed by atoms with Crippen LogP contribution in [-0.4, -0.2) is 26.1 Å². The quantitative estimate of drug-likeness (QED) is 0.777. The Kier molecular flexibility index (Phi) is 2.71. The first-order chi connectivity index (χ1) is 9.58. The Morgan fingerprint density at radius 1 is 1.30 bits per heavy atom. The number of rotatable bonds is 2. The minimum Gasteiger partial charge on any atom is -0.478 e. The molecule has 0 radical (unpaired) electrons. The van der Waals surface area contributed by atoms with Crippen LogP contribution in [0.4, 0.5) is 4.39 Å². The van der Waals surface area contributed by atoms with Gasteiger partial charge in [-0.2, -0.15) is 0 Å². The van der Waals surface area contributed by atoms with Crippen molar-refractivity contribution >= 4 is 17.0 Å². The van der Waals surface area contributed by atoms with Gasteiger partial charge in [-0.25, -0.2) is 13.9 Å². The highest BCUT2D eigenvalue weighted by atomic mass is 19.1. The van der Waals surface area contributed by atoms with Crippen LogP contribution in [0.25, 0.3) is 16.7 Å². The van der Waals surface area contributed by atoms with Crippen LogP contribution in [0.5, 0.6) is 0 Å². The molecule has 1 aromatic heterocycles. The number of fused-ring (bicyclic) bond motifs is 1. The number of hydrogen-bond acceptors (Lipinski definition) is 3. The average Bonchev–Trinajstić information content (AvgIpc) is 2.85. The van der Waals surface area contributed by atoms with E-state index in [4.69, 9.17) is 0 Å². The number of aryl methyl sites for hydroxylation is 1. The number of carbonyl (C=O) groups is 1. The van der Waals surface area contributed by atoms with E-state index < -0.39 is 11.8 Å². The van der Waals surface area contributed by atoms with Crippen molar-refractivity contribution in [2.45, 2.75) is 6.92 Å². The van der Waals surface area contributed by atoms with Crippen molar-refractivity contribution in [1.82, 2.24) is 15.0 Å². The second-order valence-corrected chi connectivity index (χ2v) is 4.43. The molecule has 2 aromatic carbocycles. The van der Waals surface area contributed by atoms with Crippen molar-refractivity contribution in [3.63, 3.8) is 0 Å². The monoisotopic (exact) mass is 271 g/mol. The van der Waals surface area contributed by atoms with Crippen LogP contribution in [0.15, 0.2) is 36.4 Å². The molecule has 0 aliphatic carbocycles. The van der Waals surface area contributed by atoms with Gasteiger partial charge in [0.1, 0.15) is 22.5 Å². The van der Waals surface area contributed by atoms with Gasteiger partial charge in [0.15, 0.2) is 0 Å². The van der Waals surface area contributed by atoms with E-state index in [9.17, 15) is 14.3 Å². The summed E-state index contributed by atoms with van der Waals surface area (Å²) in [5.41, 5.74) is 1.75. The van der Waals surface area contributed by atoms with Crippen LogP contribution in [0.2, 0.25) is 0 Å². The van der Waals surface area contributed by atoms with Gasteiger partial charge >= 0.3 is 5.97 Å². The summed E-state index contributed by atoms with van der Waals surface area (Å²) in [6, 6.07) is 9.22. The predicted molar refractivity (Wildman–Crippen MR) is 70.5 cm³/mol. The SMILES string of the molecule is Cc1ccc(F)c(-n2nnc3cccc(C(=O)O)c32)c1. The van der Waals surface area contributed by atoms with Crippen molar-refractivity contribution in [3.8, 4) is 5.69 Å². The Hall–Kier alpha value is -2.76. The lowest BCUT2D eigenvalue weighted by Crippen LogP contribution is -2.05. The molecule has 0 saturated carbocycles. The zero-order chi connectivity index (χ0) is 14.3. The molecular formula is C14H10FN3O2. The zero-order valence-electron chi connectivity index (χ0n) is 10.5. The molecule has 0 bridgehead atoms. The van der Waals surface area contributed by atoms with E-state index in [1.807, 2.05) is 6.92 Å². The molecule has 0 fully saturated rings. The van der Waals surface area contributed by atoms with Crippen LogP contribution in [0, 0.1) is 12.7 Å². The zero-order valence-corrected chi connectivity index (χ0v) is 10.5. The summed E-state index contributed by atoms with van der Waals surface area (Å²) in [5.74, 6) is -1.59. The first-order valence-electron chi connectivity index (χ1n) is 5.92. The number of hydrogen-bond donors (Lipinski definition) is 1. The number of nitrogens with zero attached hydrogens (tertiary/aromatic N) is 3. The van der Waals surface area contributed by atoms with E-state index in [0.29, 0.717) is 5.52 Å². The maximum Gasteiger partial charge on any atom is 0.337 e. The van der Waals surface area contributed by atoms with Crippen molar-refractivity contribution in [3.05, 3.63) is 53.3 Å². The fourth-order valence-corrected chi connectivity index (χ4v) is 2.10. The summed E-state index contributed by atoms with van der Waals surface area (Å²) in [6.07, 6.45) is 0.